The summed E-state index contributed by atoms with van der Waals surface area (Å²) >= 11 is 0. The summed E-state index contributed by atoms with van der Waals surface area (Å²) in [4.78, 5) is 9.52. The maximum Gasteiger partial charge on any atom is 0.0312 e. The van der Waals surface area contributed by atoms with Gasteiger partial charge in [0.2, 0.25) is 0 Å². The zero-order valence-corrected chi connectivity index (χ0v) is 12.7. The normalized spacial score (nSPS) is 28.9. The molecule has 2 fully saturated rings. The van der Waals surface area contributed by atoms with Crippen molar-refractivity contribution >= 4 is 0 Å². The fraction of sp³-hybridized carbons (Fsp3) is 0.706. The average Bonchev–Trinajstić information content (AvgIpc) is 2.98. The molecule has 1 saturated carbocycles. The van der Waals surface area contributed by atoms with Crippen LogP contribution in [-0.2, 0) is 6.54 Å². The van der Waals surface area contributed by atoms with Gasteiger partial charge in [-0.25, -0.2) is 0 Å². The van der Waals surface area contributed by atoms with E-state index in [4.69, 9.17) is 0 Å². The van der Waals surface area contributed by atoms with Crippen LogP contribution in [0.4, 0.5) is 0 Å². The van der Waals surface area contributed by atoms with Crippen LogP contribution in [0.1, 0.15) is 38.2 Å². The van der Waals surface area contributed by atoms with Crippen LogP contribution in [0.5, 0.6) is 0 Å². The molecule has 20 heavy (non-hydrogen) atoms. The van der Waals surface area contributed by atoms with Gasteiger partial charge in [0.15, 0.2) is 0 Å². The highest BCUT2D eigenvalue weighted by molar-refractivity contribution is 5.08. The summed E-state index contributed by atoms with van der Waals surface area (Å²) in [6.07, 6.45) is 9.55. The molecule has 2 atom stereocenters. The third kappa shape index (κ3) is 3.39. The third-order valence-corrected chi connectivity index (χ3v) is 5.14. The SMILES string of the molecule is CC[C@H]1CC[C@H](N2CCN(Cc3cccnc3)CC2)C1. The van der Waals surface area contributed by atoms with Gasteiger partial charge < -0.3 is 0 Å². The van der Waals surface area contributed by atoms with E-state index < -0.39 is 0 Å². The number of aromatic nitrogens is 1. The van der Waals surface area contributed by atoms with Gasteiger partial charge in [-0.05, 0) is 36.8 Å². The molecule has 0 aromatic carbocycles. The zero-order chi connectivity index (χ0) is 13.8. The zero-order valence-electron chi connectivity index (χ0n) is 12.7. The smallest absolute Gasteiger partial charge is 0.0312 e. The molecular weight excluding hydrogens is 246 g/mol. The second kappa shape index (κ2) is 6.68. The van der Waals surface area contributed by atoms with Crippen LogP contribution >= 0.6 is 0 Å². The van der Waals surface area contributed by atoms with E-state index in [2.05, 4.69) is 27.8 Å². The van der Waals surface area contributed by atoms with Crippen LogP contribution in [0, 0.1) is 5.92 Å². The molecule has 0 unspecified atom stereocenters. The third-order valence-electron chi connectivity index (χ3n) is 5.14. The van der Waals surface area contributed by atoms with Crippen LogP contribution in [0.2, 0.25) is 0 Å². The molecule has 2 heterocycles. The van der Waals surface area contributed by atoms with Crippen molar-refractivity contribution in [2.45, 2.75) is 45.2 Å². The molecule has 3 rings (SSSR count). The van der Waals surface area contributed by atoms with Gasteiger partial charge >= 0.3 is 0 Å². The molecule has 3 nitrogen and oxygen atoms in total. The summed E-state index contributed by atoms with van der Waals surface area (Å²) in [7, 11) is 0. The number of pyridine rings is 1. The fourth-order valence-corrected chi connectivity index (χ4v) is 3.79. The van der Waals surface area contributed by atoms with Crippen LogP contribution < -0.4 is 0 Å². The number of hydrogen-bond donors (Lipinski definition) is 0. The minimum Gasteiger partial charge on any atom is -0.298 e. The van der Waals surface area contributed by atoms with Gasteiger partial charge in [-0.1, -0.05) is 19.4 Å². The first-order valence-electron chi connectivity index (χ1n) is 8.20. The number of piperazine rings is 1. The summed E-state index contributed by atoms with van der Waals surface area (Å²) < 4.78 is 0. The first kappa shape index (κ1) is 14.0. The molecular formula is C17H27N3. The van der Waals surface area contributed by atoms with E-state index in [1.165, 1.54) is 57.4 Å². The van der Waals surface area contributed by atoms with Crippen molar-refractivity contribution in [2.75, 3.05) is 26.2 Å². The monoisotopic (exact) mass is 273 g/mol. The lowest BCUT2D eigenvalue weighted by Gasteiger charge is -2.38. The van der Waals surface area contributed by atoms with Crippen molar-refractivity contribution in [2.24, 2.45) is 5.92 Å². The highest BCUT2D eigenvalue weighted by Gasteiger charge is 2.30. The Labute approximate surface area is 123 Å². The van der Waals surface area contributed by atoms with E-state index in [0.29, 0.717) is 0 Å². The lowest BCUT2D eigenvalue weighted by Crippen LogP contribution is -2.49. The van der Waals surface area contributed by atoms with Crippen molar-refractivity contribution in [3.05, 3.63) is 30.1 Å². The molecule has 0 amide bonds. The molecule has 110 valence electrons. The predicted molar refractivity (Wildman–Crippen MR) is 82.5 cm³/mol. The summed E-state index contributed by atoms with van der Waals surface area (Å²) in [5, 5.41) is 0. The second-order valence-corrected chi connectivity index (χ2v) is 6.41. The van der Waals surface area contributed by atoms with Gasteiger partial charge in [0.1, 0.15) is 0 Å². The maximum absolute atomic E-state index is 4.21. The van der Waals surface area contributed by atoms with E-state index in [0.717, 1.165) is 18.5 Å². The Morgan fingerprint density at radius 2 is 2.05 bits per heavy atom. The molecule has 0 radical (unpaired) electrons. The van der Waals surface area contributed by atoms with Crippen molar-refractivity contribution in [1.82, 2.24) is 14.8 Å². The number of rotatable bonds is 4. The first-order valence-corrected chi connectivity index (χ1v) is 8.20. The Morgan fingerprint density at radius 1 is 1.20 bits per heavy atom. The van der Waals surface area contributed by atoms with Crippen molar-refractivity contribution in [3.8, 4) is 0 Å². The van der Waals surface area contributed by atoms with Gasteiger partial charge in [-0.2, -0.15) is 0 Å². The highest BCUT2D eigenvalue weighted by atomic mass is 15.3. The molecule has 2 aliphatic rings. The van der Waals surface area contributed by atoms with Crippen molar-refractivity contribution in [1.29, 1.82) is 0 Å². The summed E-state index contributed by atoms with van der Waals surface area (Å²) in [6.45, 7) is 8.33. The Balaban J connectivity index is 1.45. The van der Waals surface area contributed by atoms with Crippen LogP contribution in [0.15, 0.2) is 24.5 Å². The van der Waals surface area contributed by atoms with E-state index in [1.54, 1.807) is 0 Å². The molecule has 1 aliphatic carbocycles. The van der Waals surface area contributed by atoms with Gasteiger partial charge in [0.05, 0.1) is 0 Å². The second-order valence-electron chi connectivity index (χ2n) is 6.41. The molecule has 1 saturated heterocycles. The molecule has 0 spiro atoms. The van der Waals surface area contributed by atoms with E-state index in [9.17, 15) is 0 Å². The summed E-state index contributed by atoms with van der Waals surface area (Å²) in [5.74, 6) is 0.994. The molecule has 3 heteroatoms. The maximum atomic E-state index is 4.21. The minimum atomic E-state index is 0.875. The van der Waals surface area contributed by atoms with Gasteiger partial charge in [-0.3, -0.25) is 14.8 Å². The standard InChI is InChI=1S/C17H27N3/c1-2-15-5-6-17(12-15)20-10-8-19(9-11-20)14-16-4-3-7-18-13-16/h3-4,7,13,15,17H,2,5-6,8-12,14H2,1H3/t15-,17-/m0/s1. The molecule has 0 N–H and O–H groups in total. The Hall–Kier alpha value is -0.930. The Bertz CT molecular complexity index is 398. The van der Waals surface area contributed by atoms with Crippen LogP contribution in [0.25, 0.3) is 0 Å². The number of hydrogen-bond acceptors (Lipinski definition) is 3. The first-order chi connectivity index (χ1) is 9.85. The van der Waals surface area contributed by atoms with Gasteiger partial charge in [0.25, 0.3) is 0 Å². The summed E-state index contributed by atoms with van der Waals surface area (Å²) in [5.41, 5.74) is 1.34. The minimum absolute atomic E-state index is 0.875. The van der Waals surface area contributed by atoms with E-state index in [-0.39, 0.29) is 0 Å². The molecule has 0 bridgehead atoms. The van der Waals surface area contributed by atoms with Gasteiger partial charge in [0, 0.05) is 51.2 Å². The Morgan fingerprint density at radius 3 is 2.70 bits per heavy atom. The molecule has 1 aromatic rings. The van der Waals surface area contributed by atoms with Crippen molar-refractivity contribution in [3.63, 3.8) is 0 Å². The lowest BCUT2D eigenvalue weighted by atomic mass is 10.0. The molecule has 1 aromatic heterocycles. The Kier molecular flexibility index (Phi) is 4.69. The van der Waals surface area contributed by atoms with Crippen LogP contribution in [0.3, 0.4) is 0 Å². The topological polar surface area (TPSA) is 19.4 Å². The van der Waals surface area contributed by atoms with E-state index in [1.807, 2.05) is 18.5 Å². The van der Waals surface area contributed by atoms with E-state index >= 15 is 0 Å². The highest BCUT2D eigenvalue weighted by Crippen LogP contribution is 2.31. The predicted octanol–water partition coefficient (Wildman–Crippen LogP) is 2.78. The molecule has 1 aliphatic heterocycles. The number of nitrogens with zero attached hydrogens (tertiary/aromatic N) is 3. The summed E-state index contributed by atoms with van der Waals surface area (Å²) in [6, 6.07) is 5.09. The largest absolute Gasteiger partial charge is 0.298 e. The van der Waals surface area contributed by atoms with Crippen molar-refractivity contribution < 1.29 is 0 Å². The lowest BCUT2D eigenvalue weighted by molar-refractivity contribution is 0.0920. The average molecular weight is 273 g/mol. The fourth-order valence-electron chi connectivity index (χ4n) is 3.79. The van der Waals surface area contributed by atoms with Gasteiger partial charge in [-0.15, -0.1) is 0 Å². The van der Waals surface area contributed by atoms with Crippen LogP contribution in [-0.4, -0.2) is 47.0 Å². The quantitative estimate of drug-likeness (QED) is 0.841.